The first-order valence-electron chi connectivity index (χ1n) is 3.82. The highest BCUT2D eigenvalue weighted by Crippen LogP contribution is 2.28. The molecule has 0 radical (unpaired) electrons. The van der Waals surface area contributed by atoms with Gasteiger partial charge in [0, 0.05) is 10.2 Å². The van der Waals surface area contributed by atoms with Crippen molar-refractivity contribution in [3.05, 3.63) is 0 Å². The quantitative estimate of drug-likeness (QED) is 0.508. The molecule has 0 aromatic carbocycles. The van der Waals surface area contributed by atoms with Gasteiger partial charge in [-0.3, -0.25) is 0 Å². The highest BCUT2D eigenvalue weighted by Gasteiger charge is 2.49. The molecular formula is C6H16O4Si2. The summed E-state index contributed by atoms with van der Waals surface area (Å²) in [6.07, 6.45) is 0. The van der Waals surface area contributed by atoms with E-state index in [1.54, 1.807) is 0 Å². The Labute approximate surface area is 77.9 Å². The molecule has 0 aliphatic carbocycles. The van der Waals surface area contributed by atoms with Gasteiger partial charge in [0.1, 0.15) is 10.5 Å². The van der Waals surface area contributed by atoms with Crippen LogP contribution in [0.5, 0.6) is 0 Å². The number of carboxylic acids is 1. The second-order valence-electron chi connectivity index (χ2n) is 3.25. The summed E-state index contributed by atoms with van der Waals surface area (Å²) < 4.78 is 5.04. The molecule has 0 aliphatic rings. The molecule has 0 spiro atoms. The molecule has 0 fully saturated rings. The standard InChI is InChI=1S/C6H16O4Si2/c1-5(2,9)6(3-11,10-12)4(7)8/h9H,3H2,1-2,11-12H3,(H,7,8). The molecule has 4 nitrogen and oxygen atoms in total. The van der Waals surface area contributed by atoms with Gasteiger partial charge in [-0.05, 0) is 19.9 Å². The minimum atomic E-state index is -1.38. The van der Waals surface area contributed by atoms with Crippen LogP contribution >= 0.6 is 0 Å². The predicted molar refractivity (Wildman–Crippen MR) is 52.4 cm³/mol. The van der Waals surface area contributed by atoms with Gasteiger partial charge in [-0.25, -0.2) is 4.79 Å². The maximum absolute atomic E-state index is 10.9. The van der Waals surface area contributed by atoms with Crippen molar-refractivity contribution in [3.8, 4) is 0 Å². The molecule has 1 atom stereocenters. The zero-order valence-electron chi connectivity index (χ0n) is 7.92. The van der Waals surface area contributed by atoms with Crippen LogP contribution < -0.4 is 0 Å². The summed E-state index contributed by atoms with van der Waals surface area (Å²) in [7, 11) is 1.01. The third-order valence-corrected chi connectivity index (χ3v) is 3.87. The molecule has 0 rings (SSSR count). The SMILES string of the molecule is CC(C)(O)C(C[SiH3])(O[SiH3])C(=O)O. The van der Waals surface area contributed by atoms with E-state index in [-0.39, 0.29) is 0 Å². The number of rotatable bonds is 4. The zero-order valence-corrected chi connectivity index (χ0v) is 11.9. The van der Waals surface area contributed by atoms with E-state index in [0.29, 0.717) is 26.8 Å². The normalized spacial score (nSPS) is 17.6. The third-order valence-electron chi connectivity index (χ3n) is 2.18. The minimum Gasteiger partial charge on any atom is -0.479 e. The van der Waals surface area contributed by atoms with E-state index in [0.717, 1.165) is 0 Å². The maximum atomic E-state index is 10.9. The molecule has 6 heteroatoms. The average molecular weight is 208 g/mol. The van der Waals surface area contributed by atoms with Gasteiger partial charge in [0.05, 0.1) is 5.60 Å². The van der Waals surface area contributed by atoms with E-state index in [1.165, 1.54) is 13.8 Å². The Bertz CT molecular complexity index is 171. The number of carboxylic acid groups (broad SMARTS) is 1. The molecular weight excluding hydrogens is 192 g/mol. The monoisotopic (exact) mass is 208 g/mol. The molecule has 0 saturated heterocycles. The number of hydrogen-bond acceptors (Lipinski definition) is 3. The van der Waals surface area contributed by atoms with Crippen LogP contribution in [0.15, 0.2) is 0 Å². The summed E-state index contributed by atoms with van der Waals surface area (Å²) in [5.41, 5.74) is -2.70. The largest absolute Gasteiger partial charge is 0.479 e. The minimum absolute atomic E-state index is 0.316. The van der Waals surface area contributed by atoms with Crippen molar-refractivity contribution in [3.63, 3.8) is 0 Å². The lowest BCUT2D eigenvalue weighted by molar-refractivity contribution is -0.174. The zero-order chi connectivity index (χ0) is 9.99. The number of hydrogen-bond donors (Lipinski definition) is 2. The first-order valence-corrected chi connectivity index (χ1v) is 6.06. The van der Waals surface area contributed by atoms with Crippen molar-refractivity contribution in [2.75, 3.05) is 0 Å². The van der Waals surface area contributed by atoms with E-state index in [4.69, 9.17) is 9.53 Å². The number of aliphatic carboxylic acids is 1. The van der Waals surface area contributed by atoms with Gasteiger partial charge in [0.2, 0.25) is 0 Å². The maximum Gasteiger partial charge on any atom is 0.337 e. The van der Waals surface area contributed by atoms with Crippen LogP contribution in [0.4, 0.5) is 0 Å². The second-order valence-corrected chi connectivity index (χ2v) is 4.36. The summed E-state index contributed by atoms with van der Waals surface area (Å²) in [6, 6.07) is 0.398. The van der Waals surface area contributed by atoms with E-state index < -0.39 is 17.2 Å². The number of aliphatic hydroxyl groups is 1. The fourth-order valence-electron chi connectivity index (χ4n) is 1.33. The lowest BCUT2D eigenvalue weighted by Crippen LogP contribution is -2.57. The molecule has 0 bridgehead atoms. The van der Waals surface area contributed by atoms with Crippen molar-refractivity contribution in [2.24, 2.45) is 0 Å². The molecule has 0 saturated carbocycles. The Kier molecular flexibility index (Phi) is 3.64. The molecule has 72 valence electrons. The van der Waals surface area contributed by atoms with Crippen molar-refractivity contribution >= 4 is 26.7 Å². The van der Waals surface area contributed by atoms with E-state index in [9.17, 15) is 9.90 Å². The second kappa shape index (κ2) is 3.69. The fraction of sp³-hybridized carbons (Fsp3) is 0.833. The van der Waals surface area contributed by atoms with Crippen LogP contribution in [0, 0.1) is 0 Å². The summed E-state index contributed by atoms with van der Waals surface area (Å²) in [5.74, 6) is -1.07. The van der Waals surface area contributed by atoms with Crippen LogP contribution in [-0.2, 0) is 9.22 Å². The predicted octanol–water partition coefficient (Wildman–Crippen LogP) is -2.34. The average Bonchev–Trinajstić information content (AvgIpc) is 1.87. The van der Waals surface area contributed by atoms with Crippen LogP contribution in [0.25, 0.3) is 0 Å². The highest BCUT2D eigenvalue weighted by atomic mass is 28.2. The van der Waals surface area contributed by atoms with Crippen molar-refractivity contribution in [1.29, 1.82) is 0 Å². The summed E-state index contributed by atoms with van der Waals surface area (Å²) in [5, 5.41) is 18.6. The highest BCUT2D eigenvalue weighted by molar-refractivity contribution is 6.13. The Morgan fingerprint density at radius 2 is 2.00 bits per heavy atom. The van der Waals surface area contributed by atoms with Crippen molar-refractivity contribution in [2.45, 2.75) is 31.1 Å². The van der Waals surface area contributed by atoms with Crippen molar-refractivity contribution in [1.82, 2.24) is 0 Å². The number of carbonyl (C=O) groups is 1. The Balaban J connectivity index is 4.97. The third kappa shape index (κ3) is 1.76. The van der Waals surface area contributed by atoms with E-state index >= 15 is 0 Å². The summed E-state index contributed by atoms with van der Waals surface area (Å²) in [6.45, 7) is 2.94. The topological polar surface area (TPSA) is 66.8 Å². The molecule has 1 unspecified atom stereocenters. The molecule has 0 heterocycles. The van der Waals surface area contributed by atoms with Gasteiger partial charge in [-0.1, -0.05) is 0 Å². The summed E-state index contributed by atoms with van der Waals surface area (Å²) in [4.78, 5) is 10.9. The Morgan fingerprint density at radius 1 is 1.58 bits per heavy atom. The first-order chi connectivity index (χ1) is 5.31. The molecule has 0 aromatic heterocycles. The van der Waals surface area contributed by atoms with E-state index in [2.05, 4.69) is 0 Å². The van der Waals surface area contributed by atoms with Crippen molar-refractivity contribution < 1.29 is 19.4 Å². The molecule has 0 amide bonds. The van der Waals surface area contributed by atoms with Gasteiger partial charge in [-0.2, -0.15) is 0 Å². The lowest BCUT2D eigenvalue weighted by Gasteiger charge is -2.38. The van der Waals surface area contributed by atoms with Gasteiger partial charge >= 0.3 is 5.97 Å². The summed E-state index contributed by atoms with van der Waals surface area (Å²) >= 11 is 0. The van der Waals surface area contributed by atoms with Crippen LogP contribution in [0.2, 0.25) is 6.04 Å². The molecule has 0 aromatic rings. The van der Waals surface area contributed by atoms with Gasteiger partial charge in [0.15, 0.2) is 5.60 Å². The molecule has 0 aliphatic heterocycles. The molecule has 12 heavy (non-hydrogen) atoms. The first kappa shape index (κ1) is 11.8. The Hall–Kier alpha value is -0.176. The smallest absolute Gasteiger partial charge is 0.337 e. The Morgan fingerprint density at radius 3 is 2.00 bits per heavy atom. The van der Waals surface area contributed by atoms with Gasteiger partial charge < -0.3 is 14.6 Å². The van der Waals surface area contributed by atoms with Crippen LogP contribution in [0.3, 0.4) is 0 Å². The van der Waals surface area contributed by atoms with E-state index in [1.807, 2.05) is 0 Å². The molecule has 2 N–H and O–H groups in total. The van der Waals surface area contributed by atoms with Crippen LogP contribution in [0.1, 0.15) is 13.8 Å². The van der Waals surface area contributed by atoms with Gasteiger partial charge in [0.25, 0.3) is 0 Å². The van der Waals surface area contributed by atoms with Crippen LogP contribution in [-0.4, -0.2) is 48.1 Å². The van der Waals surface area contributed by atoms with Gasteiger partial charge in [-0.15, -0.1) is 0 Å². The fourth-order valence-corrected chi connectivity index (χ4v) is 4.32. The lowest BCUT2D eigenvalue weighted by atomic mass is 9.88.